The molecule has 0 radical (unpaired) electrons. The van der Waals surface area contributed by atoms with Crippen molar-refractivity contribution in [3.63, 3.8) is 0 Å². The first kappa shape index (κ1) is 32.0. The van der Waals surface area contributed by atoms with Crippen LogP contribution in [0.2, 0.25) is 0 Å². The first-order valence-corrected chi connectivity index (χ1v) is 19.4. The Labute approximate surface area is 321 Å². The Bertz CT molecular complexity index is 3130. The number of aromatic nitrogens is 2. The summed E-state index contributed by atoms with van der Waals surface area (Å²) in [5.74, 6) is 0. The lowest BCUT2D eigenvalue weighted by Gasteiger charge is -2.21. The highest BCUT2D eigenvalue weighted by molar-refractivity contribution is 6.22. The lowest BCUT2D eigenvalue weighted by atomic mass is 9.84. The number of pyridine rings is 1. The van der Waals surface area contributed by atoms with Crippen molar-refractivity contribution >= 4 is 60.6 Å². The van der Waals surface area contributed by atoms with Crippen LogP contribution in [0.25, 0.3) is 88.6 Å². The van der Waals surface area contributed by atoms with Crippen LogP contribution in [-0.2, 0) is 11.8 Å². The monoisotopic (exact) mass is 704 g/mol. The summed E-state index contributed by atoms with van der Waals surface area (Å²) in [5, 5.41) is 7.71. The third-order valence-electron chi connectivity index (χ3n) is 12.0. The van der Waals surface area contributed by atoms with Crippen LogP contribution in [0.1, 0.15) is 61.1 Å². The zero-order valence-electron chi connectivity index (χ0n) is 31.6. The van der Waals surface area contributed by atoms with Gasteiger partial charge in [0.15, 0.2) is 0 Å². The topological polar surface area (TPSA) is 17.8 Å². The first-order valence-electron chi connectivity index (χ1n) is 19.4. The molecule has 2 aromatic heterocycles. The molecule has 9 aromatic rings. The number of nitrogens with zero attached hydrogens (tertiary/aromatic N) is 2. The molecule has 2 aliphatic carbocycles. The maximum atomic E-state index is 5.14. The van der Waals surface area contributed by atoms with Crippen LogP contribution < -0.4 is 0 Å². The molecule has 2 heterocycles. The number of fused-ring (bicyclic) bond motifs is 9. The quantitative estimate of drug-likeness (QED) is 0.178. The van der Waals surface area contributed by atoms with Gasteiger partial charge >= 0.3 is 0 Å². The smallest absolute Gasteiger partial charge is 0.0702 e. The SMILES string of the molecule is C/C=C/c1ccc(-n2c3ccc(-c4ccc(-c5cc6c7c(cccc7c5)C5=C6c6cc(C(C)(C)C)ccc6C5)nc4)cc3c3c4ccccc4ccc32)cc1. The normalized spacial score (nSPS) is 13.6. The van der Waals surface area contributed by atoms with E-state index in [-0.39, 0.29) is 5.41 Å². The van der Waals surface area contributed by atoms with Crippen molar-refractivity contribution in [2.45, 2.75) is 39.5 Å². The summed E-state index contributed by atoms with van der Waals surface area (Å²) >= 11 is 0. The van der Waals surface area contributed by atoms with Crippen LogP contribution in [0.4, 0.5) is 0 Å². The summed E-state index contributed by atoms with van der Waals surface area (Å²) in [7, 11) is 0. The molecule has 0 amide bonds. The van der Waals surface area contributed by atoms with E-state index < -0.39 is 0 Å². The molecule has 55 heavy (non-hydrogen) atoms. The molecule has 7 aromatic carbocycles. The van der Waals surface area contributed by atoms with Crippen LogP contribution in [0.3, 0.4) is 0 Å². The third kappa shape index (κ3) is 4.84. The summed E-state index contributed by atoms with van der Waals surface area (Å²) in [6, 6.07) is 52.1. The molecule has 0 atom stereocenters. The van der Waals surface area contributed by atoms with Gasteiger partial charge in [-0.05, 0) is 139 Å². The molecule has 0 aliphatic heterocycles. The zero-order valence-corrected chi connectivity index (χ0v) is 31.6. The second-order valence-corrected chi connectivity index (χ2v) is 16.4. The molecule has 262 valence electrons. The number of hydrogen-bond acceptors (Lipinski definition) is 1. The largest absolute Gasteiger partial charge is 0.309 e. The minimum Gasteiger partial charge on any atom is -0.309 e. The molecule has 0 unspecified atom stereocenters. The van der Waals surface area contributed by atoms with Gasteiger partial charge in [0.05, 0.1) is 16.7 Å². The summed E-state index contributed by atoms with van der Waals surface area (Å²) in [6.45, 7) is 8.98. The zero-order chi connectivity index (χ0) is 37.0. The van der Waals surface area contributed by atoms with E-state index in [0.29, 0.717) is 0 Å². The van der Waals surface area contributed by atoms with E-state index in [1.54, 1.807) is 0 Å². The highest BCUT2D eigenvalue weighted by atomic mass is 15.0. The van der Waals surface area contributed by atoms with Crippen molar-refractivity contribution < 1.29 is 0 Å². The van der Waals surface area contributed by atoms with Crippen molar-refractivity contribution in [2.24, 2.45) is 0 Å². The van der Waals surface area contributed by atoms with Gasteiger partial charge in [-0.2, -0.15) is 0 Å². The van der Waals surface area contributed by atoms with E-state index in [9.17, 15) is 0 Å². The number of hydrogen-bond donors (Lipinski definition) is 0. The van der Waals surface area contributed by atoms with E-state index in [2.05, 4.69) is 190 Å². The Morgan fingerprint density at radius 1 is 0.600 bits per heavy atom. The average molecular weight is 705 g/mol. The Morgan fingerprint density at radius 2 is 1.42 bits per heavy atom. The first-order chi connectivity index (χ1) is 26.8. The summed E-state index contributed by atoms with van der Waals surface area (Å²) < 4.78 is 2.41. The average Bonchev–Trinajstić information content (AvgIpc) is 3.86. The van der Waals surface area contributed by atoms with Gasteiger partial charge in [-0.3, -0.25) is 4.98 Å². The number of rotatable bonds is 4. The predicted molar refractivity (Wildman–Crippen MR) is 234 cm³/mol. The van der Waals surface area contributed by atoms with Crippen LogP contribution in [0, 0.1) is 0 Å². The summed E-state index contributed by atoms with van der Waals surface area (Å²) in [6.07, 6.45) is 7.27. The minimum atomic E-state index is 0.0976. The molecule has 11 rings (SSSR count). The van der Waals surface area contributed by atoms with Crippen LogP contribution >= 0.6 is 0 Å². The van der Waals surface area contributed by atoms with Crippen molar-refractivity contribution in [3.8, 4) is 28.1 Å². The van der Waals surface area contributed by atoms with Crippen LogP contribution in [-0.4, -0.2) is 9.55 Å². The predicted octanol–water partition coefficient (Wildman–Crippen LogP) is 14.0. The maximum absolute atomic E-state index is 5.14. The Kier molecular flexibility index (Phi) is 6.83. The van der Waals surface area contributed by atoms with Crippen LogP contribution in [0.15, 0.2) is 152 Å². The molecular formula is C53H40N2. The highest BCUT2D eigenvalue weighted by Gasteiger charge is 2.33. The Hall–Kier alpha value is -6.51. The fourth-order valence-corrected chi connectivity index (χ4v) is 9.34. The molecule has 0 saturated heterocycles. The molecule has 0 saturated carbocycles. The molecule has 0 N–H and O–H groups in total. The molecular weight excluding hydrogens is 665 g/mol. The van der Waals surface area contributed by atoms with E-state index in [4.69, 9.17) is 4.98 Å². The molecule has 0 fully saturated rings. The molecule has 2 nitrogen and oxygen atoms in total. The second kappa shape index (κ2) is 11.7. The van der Waals surface area contributed by atoms with Gasteiger partial charge in [0, 0.05) is 33.8 Å². The second-order valence-electron chi connectivity index (χ2n) is 16.4. The van der Waals surface area contributed by atoms with Gasteiger partial charge in [0.2, 0.25) is 0 Å². The summed E-state index contributed by atoms with van der Waals surface area (Å²) in [4.78, 5) is 5.14. The minimum absolute atomic E-state index is 0.0976. The standard InChI is InChI=1S/C53H40N2/c1-5-9-32-14-21-40(22-15-32)55-48-24-19-34(27-45(48)52-41-12-7-6-10-33(41)18-25-49(52)55)37-17-23-47(54-31-37)38-26-36-11-8-13-42-44-28-35-16-20-39(53(2,3)4)30-43(35)51(44)46(29-38)50(36)42/h5-27,29-31H,28H2,1-4H3/b9-5+. The van der Waals surface area contributed by atoms with Gasteiger partial charge in [-0.1, -0.05) is 124 Å². The lowest BCUT2D eigenvalue weighted by molar-refractivity contribution is 0.590. The van der Waals surface area contributed by atoms with Crippen molar-refractivity contribution in [1.29, 1.82) is 0 Å². The maximum Gasteiger partial charge on any atom is 0.0702 e. The van der Waals surface area contributed by atoms with Gasteiger partial charge in [0.25, 0.3) is 0 Å². The summed E-state index contributed by atoms with van der Waals surface area (Å²) in [5.41, 5.74) is 19.1. The van der Waals surface area contributed by atoms with Gasteiger partial charge in [-0.15, -0.1) is 0 Å². The molecule has 2 heteroatoms. The van der Waals surface area contributed by atoms with Gasteiger partial charge in [-0.25, -0.2) is 0 Å². The van der Waals surface area contributed by atoms with E-state index >= 15 is 0 Å². The van der Waals surface area contributed by atoms with Crippen molar-refractivity contribution in [2.75, 3.05) is 0 Å². The lowest BCUT2D eigenvalue weighted by Crippen LogP contribution is -2.11. The van der Waals surface area contributed by atoms with Crippen LogP contribution in [0.5, 0.6) is 0 Å². The number of benzene rings is 7. The fraction of sp³-hybridized carbons (Fsp3) is 0.113. The van der Waals surface area contributed by atoms with E-state index in [1.807, 2.05) is 0 Å². The van der Waals surface area contributed by atoms with Crippen molar-refractivity contribution in [1.82, 2.24) is 9.55 Å². The molecule has 2 aliphatic rings. The fourth-order valence-electron chi connectivity index (χ4n) is 9.34. The Morgan fingerprint density at radius 3 is 2.24 bits per heavy atom. The third-order valence-corrected chi connectivity index (χ3v) is 12.0. The van der Waals surface area contributed by atoms with Gasteiger partial charge < -0.3 is 4.57 Å². The molecule has 0 spiro atoms. The van der Waals surface area contributed by atoms with E-state index in [0.717, 1.165) is 34.5 Å². The van der Waals surface area contributed by atoms with Gasteiger partial charge in [0.1, 0.15) is 0 Å². The van der Waals surface area contributed by atoms with Crippen molar-refractivity contribution in [3.05, 3.63) is 185 Å². The molecule has 0 bridgehead atoms. The number of allylic oxidation sites excluding steroid dienone is 2. The highest BCUT2D eigenvalue weighted by Crippen LogP contribution is 2.52. The Balaban J connectivity index is 1.02. The van der Waals surface area contributed by atoms with E-state index in [1.165, 1.54) is 87.9 Å².